The number of aliphatic hydroxyl groups excluding tert-OH is 2. The quantitative estimate of drug-likeness (QED) is 0.0859. The lowest BCUT2D eigenvalue weighted by atomic mass is 10.1. The van der Waals surface area contributed by atoms with E-state index in [1.54, 1.807) is 0 Å². The molecule has 4 amide bonds. The Balaban J connectivity index is 1.48. The summed E-state index contributed by atoms with van der Waals surface area (Å²) in [5.41, 5.74) is 8.38. The number of nitrogens with one attached hydrogen (secondary N) is 4. The molecule has 3 rings (SSSR count). The zero-order chi connectivity index (χ0) is 32.2. The second kappa shape index (κ2) is 15.0. The van der Waals surface area contributed by atoms with Gasteiger partial charge in [0.1, 0.15) is 11.5 Å². The predicted octanol–water partition coefficient (Wildman–Crippen LogP) is 1.88. The average molecular weight is 603 g/mol. The van der Waals surface area contributed by atoms with Crippen LogP contribution in [0.25, 0.3) is 0 Å². The molecule has 3 aromatic rings. The number of amides is 4. The van der Waals surface area contributed by atoms with Gasteiger partial charge >= 0.3 is 11.8 Å². The van der Waals surface area contributed by atoms with E-state index in [9.17, 15) is 39.0 Å². The first-order valence-electron chi connectivity index (χ1n) is 12.5. The van der Waals surface area contributed by atoms with Gasteiger partial charge in [-0.2, -0.15) is 0 Å². The molecule has 14 nitrogen and oxygen atoms in total. The van der Waals surface area contributed by atoms with Gasteiger partial charge in [-0.1, -0.05) is 0 Å². The molecule has 0 saturated heterocycles. The molecule has 0 heterocycles. The van der Waals surface area contributed by atoms with Crippen molar-refractivity contribution in [2.24, 2.45) is 0 Å². The lowest BCUT2D eigenvalue weighted by Crippen LogP contribution is -2.43. The maximum Gasteiger partial charge on any atom is 0.304 e. The Hall–Kier alpha value is -6.44. The van der Waals surface area contributed by atoms with Crippen LogP contribution >= 0.6 is 0 Å². The second-order valence-corrected chi connectivity index (χ2v) is 8.64. The number of ether oxygens (including phenoxy) is 2. The molecule has 226 valence electrons. The zero-order valence-corrected chi connectivity index (χ0v) is 23.2. The van der Waals surface area contributed by atoms with E-state index in [0.29, 0.717) is 23.7 Å². The Labute approximate surface area is 249 Å². The minimum atomic E-state index is -1.16. The number of methoxy groups -OCH3 is 2. The first kappa shape index (κ1) is 32.1. The Morgan fingerprint density at radius 1 is 0.500 bits per heavy atom. The fourth-order valence-corrected chi connectivity index (χ4v) is 3.33. The van der Waals surface area contributed by atoms with E-state index < -0.39 is 46.7 Å². The highest BCUT2D eigenvalue weighted by Gasteiger charge is 2.16. The van der Waals surface area contributed by atoms with Crippen LogP contribution in [-0.4, -0.2) is 59.6 Å². The van der Waals surface area contributed by atoms with Gasteiger partial charge in [0.05, 0.1) is 14.2 Å². The molecule has 0 spiro atoms. The number of benzene rings is 3. The second-order valence-electron chi connectivity index (χ2n) is 8.64. The number of ketones is 2. The molecule has 0 fully saturated rings. The third-order valence-corrected chi connectivity index (χ3v) is 5.74. The first-order valence-corrected chi connectivity index (χ1v) is 12.5. The number of hydrazine groups is 2. The number of hydrogen-bond acceptors (Lipinski definition) is 10. The van der Waals surface area contributed by atoms with Crippen molar-refractivity contribution >= 4 is 35.2 Å². The molecule has 0 aliphatic heterocycles. The summed E-state index contributed by atoms with van der Waals surface area (Å²) in [5.74, 6) is -6.15. The standard InChI is InChI=1S/C30H26N4O10/c1-43-21-11-7-17(8-12-21)23(35)15-25(37)29(41)33-31-27(39)19-3-5-20(6-4-19)28(40)32-34-30(42)26(38)16-24(36)18-9-13-22(44-2)14-10-18/h3-16,37-38H,1-2H3,(H,31,39)(H,32,40)(H,33,41)(H,34,42). The maximum atomic E-state index is 12.3. The first-order chi connectivity index (χ1) is 21.0. The fourth-order valence-electron chi connectivity index (χ4n) is 3.33. The molecule has 6 N–H and O–H groups in total. The highest BCUT2D eigenvalue weighted by Crippen LogP contribution is 2.13. The molecule has 0 bridgehead atoms. The van der Waals surface area contributed by atoms with Crippen molar-refractivity contribution in [2.75, 3.05) is 14.2 Å². The molecule has 3 aromatic carbocycles. The summed E-state index contributed by atoms with van der Waals surface area (Å²) in [5, 5.41) is 19.8. The van der Waals surface area contributed by atoms with Crippen LogP contribution in [-0.2, 0) is 9.59 Å². The molecule has 14 heteroatoms. The zero-order valence-electron chi connectivity index (χ0n) is 23.2. The van der Waals surface area contributed by atoms with Gasteiger partial charge in [-0.05, 0) is 72.8 Å². The molecule has 0 unspecified atom stereocenters. The number of carbonyl (C=O) groups excluding carboxylic acids is 6. The van der Waals surface area contributed by atoms with Gasteiger partial charge in [-0.15, -0.1) is 0 Å². The predicted molar refractivity (Wildman–Crippen MR) is 154 cm³/mol. The molecule has 44 heavy (non-hydrogen) atoms. The van der Waals surface area contributed by atoms with Crippen LogP contribution in [0.5, 0.6) is 11.5 Å². The highest BCUT2D eigenvalue weighted by atomic mass is 16.5. The van der Waals surface area contributed by atoms with Crippen LogP contribution in [0.1, 0.15) is 41.4 Å². The van der Waals surface area contributed by atoms with Crippen LogP contribution < -0.4 is 31.2 Å². The lowest BCUT2D eigenvalue weighted by Gasteiger charge is -2.09. The summed E-state index contributed by atoms with van der Waals surface area (Å²) in [6.45, 7) is 0. The Bertz CT molecular complexity index is 1510. The van der Waals surface area contributed by atoms with Gasteiger partial charge in [0.2, 0.25) is 0 Å². The van der Waals surface area contributed by atoms with Crippen molar-refractivity contribution in [3.05, 3.63) is 119 Å². The number of aliphatic hydroxyl groups is 2. The van der Waals surface area contributed by atoms with Gasteiger partial charge in [-0.3, -0.25) is 50.5 Å². The molecule has 0 atom stereocenters. The number of rotatable bonds is 10. The van der Waals surface area contributed by atoms with E-state index in [1.807, 2.05) is 21.7 Å². The van der Waals surface area contributed by atoms with Crippen LogP contribution in [0.2, 0.25) is 0 Å². The number of hydrogen-bond donors (Lipinski definition) is 6. The van der Waals surface area contributed by atoms with Gasteiger partial charge in [0.15, 0.2) is 23.1 Å². The van der Waals surface area contributed by atoms with Crippen molar-refractivity contribution in [3.63, 3.8) is 0 Å². The molecular formula is C30H26N4O10. The molecule has 0 saturated carbocycles. The van der Waals surface area contributed by atoms with Crippen molar-refractivity contribution in [1.82, 2.24) is 21.7 Å². The summed E-state index contributed by atoms with van der Waals surface area (Å²) in [6.07, 6.45) is 1.37. The van der Waals surface area contributed by atoms with Crippen LogP contribution in [0.3, 0.4) is 0 Å². The summed E-state index contributed by atoms with van der Waals surface area (Å²) in [4.78, 5) is 73.2. The minimum absolute atomic E-state index is 0.00119. The third kappa shape index (κ3) is 8.78. The number of allylic oxidation sites excluding steroid dienone is 2. The average Bonchev–Trinajstić information content (AvgIpc) is 3.05. The SMILES string of the molecule is COc1ccc(C(=O)C=C(O)C(=O)NNC(=O)c2ccc(C(=O)NNC(=O)C(O)=CC(=O)c3ccc(OC)cc3)cc2)cc1. The van der Waals surface area contributed by atoms with Crippen LogP contribution in [0, 0.1) is 0 Å². The van der Waals surface area contributed by atoms with E-state index in [-0.39, 0.29) is 22.3 Å². The van der Waals surface area contributed by atoms with Crippen molar-refractivity contribution in [1.29, 1.82) is 0 Å². The van der Waals surface area contributed by atoms with Gasteiger partial charge in [0, 0.05) is 34.4 Å². The Morgan fingerprint density at radius 2 is 0.795 bits per heavy atom. The van der Waals surface area contributed by atoms with E-state index in [0.717, 1.165) is 0 Å². The Kier molecular flexibility index (Phi) is 10.9. The molecule has 0 aliphatic carbocycles. The van der Waals surface area contributed by atoms with E-state index in [2.05, 4.69) is 0 Å². The van der Waals surface area contributed by atoms with Gasteiger partial charge in [-0.25, -0.2) is 0 Å². The van der Waals surface area contributed by atoms with Crippen molar-refractivity contribution in [2.45, 2.75) is 0 Å². The van der Waals surface area contributed by atoms with E-state index in [4.69, 9.17) is 9.47 Å². The van der Waals surface area contributed by atoms with E-state index >= 15 is 0 Å². The maximum absolute atomic E-state index is 12.3. The molecule has 0 aromatic heterocycles. The normalized spacial score (nSPS) is 11.0. The van der Waals surface area contributed by atoms with Crippen molar-refractivity contribution in [3.8, 4) is 11.5 Å². The summed E-state index contributed by atoms with van der Waals surface area (Å²) in [7, 11) is 2.92. The van der Waals surface area contributed by atoms with Gasteiger partial charge < -0.3 is 19.7 Å². The summed E-state index contributed by atoms with van der Waals surface area (Å²) >= 11 is 0. The van der Waals surface area contributed by atoms with E-state index in [1.165, 1.54) is 87.0 Å². The lowest BCUT2D eigenvalue weighted by molar-refractivity contribution is -0.121. The monoisotopic (exact) mass is 602 g/mol. The molecule has 0 radical (unpaired) electrons. The van der Waals surface area contributed by atoms with Crippen LogP contribution in [0.4, 0.5) is 0 Å². The molecular weight excluding hydrogens is 576 g/mol. The smallest absolute Gasteiger partial charge is 0.304 e. The van der Waals surface area contributed by atoms with Crippen molar-refractivity contribution < 1.29 is 48.5 Å². The third-order valence-electron chi connectivity index (χ3n) is 5.74. The Morgan fingerprint density at radius 3 is 1.09 bits per heavy atom. The summed E-state index contributed by atoms with van der Waals surface area (Å²) in [6, 6.07) is 16.8. The topological polar surface area (TPSA) is 209 Å². The number of carbonyl (C=O) groups is 6. The van der Waals surface area contributed by atoms with Crippen LogP contribution in [0.15, 0.2) is 96.5 Å². The molecule has 0 aliphatic rings. The summed E-state index contributed by atoms with van der Waals surface area (Å²) < 4.78 is 9.99. The van der Waals surface area contributed by atoms with Gasteiger partial charge in [0.25, 0.3) is 11.8 Å². The largest absolute Gasteiger partial charge is 0.503 e. The highest BCUT2D eigenvalue weighted by molar-refractivity contribution is 6.10. The fraction of sp³-hybridized carbons (Fsp3) is 0.0667. The minimum Gasteiger partial charge on any atom is -0.503 e.